The van der Waals surface area contributed by atoms with Gasteiger partial charge in [0.15, 0.2) is 0 Å². The molecular weight excluding hydrogens is 254 g/mol. The molecule has 1 atom stereocenters. The lowest BCUT2D eigenvalue weighted by Gasteiger charge is -2.32. The van der Waals surface area contributed by atoms with Gasteiger partial charge in [-0.2, -0.15) is 11.8 Å². The number of rotatable bonds is 2. The molecule has 0 saturated carbocycles. The minimum atomic E-state index is -0.402. The number of guanidine groups is 1. The first-order chi connectivity index (χ1) is 8.70. The number of nitrogens with one attached hydrogen (secondary N) is 1. The van der Waals surface area contributed by atoms with Crippen LogP contribution in [-0.2, 0) is 14.3 Å². The van der Waals surface area contributed by atoms with Gasteiger partial charge in [-0.15, -0.1) is 0 Å². The number of ether oxygens (including phenoxy) is 1. The van der Waals surface area contributed by atoms with E-state index in [1.165, 1.54) is 7.11 Å². The van der Waals surface area contributed by atoms with Crippen LogP contribution in [0.3, 0.4) is 0 Å². The largest absolute Gasteiger partial charge is 0.469 e. The van der Waals surface area contributed by atoms with Gasteiger partial charge in [0.1, 0.15) is 0 Å². The maximum atomic E-state index is 11.9. The van der Waals surface area contributed by atoms with Crippen molar-refractivity contribution in [3.05, 3.63) is 0 Å². The minimum absolute atomic E-state index is 0.0922. The Hall–Kier alpha value is -1.24. The maximum absolute atomic E-state index is 11.9. The van der Waals surface area contributed by atoms with Crippen LogP contribution in [0.4, 0.5) is 0 Å². The quantitative estimate of drug-likeness (QED) is 0.698. The van der Waals surface area contributed by atoms with E-state index in [1.54, 1.807) is 0 Å². The molecule has 0 aromatic rings. The summed E-state index contributed by atoms with van der Waals surface area (Å²) >= 11 is 1.90. The number of nitrogens with zero attached hydrogens (tertiary/aromatic N) is 2. The lowest BCUT2D eigenvalue weighted by Crippen LogP contribution is -2.52. The van der Waals surface area contributed by atoms with E-state index in [9.17, 15) is 9.59 Å². The van der Waals surface area contributed by atoms with E-state index >= 15 is 0 Å². The summed E-state index contributed by atoms with van der Waals surface area (Å²) < 4.78 is 4.56. The number of hydrogen-bond acceptors (Lipinski definition) is 6. The molecule has 2 rings (SSSR count). The zero-order valence-electron chi connectivity index (χ0n) is 10.3. The highest BCUT2D eigenvalue weighted by Gasteiger charge is 2.29. The van der Waals surface area contributed by atoms with Crippen LogP contribution in [0.1, 0.15) is 6.42 Å². The fraction of sp³-hybridized carbons (Fsp3) is 0.727. The third-order valence-electron chi connectivity index (χ3n) is 3.02. The number of carbonyl (C=O) groups excluding carboxylic acids is 2. The average Bonchev–Trinajstić information content (AvgIpc) is 2.42. The molecule has 1 saturated heterocycles. The van der Waals surface area contributed by atoms with Gasteiger partial charge in [0.25, 0.3) is 0 Å². The summed E-state index contributed by atoms with van der Waals surface area (Å²) in [7, 11) is 1.32. The molecule has 2 aliphatic heterocycles. The van der Waals surface area contributed by atoms with Gasteiger partial charge in [-0.25, -0.2) is 0 Å². The van der Waals surface area contributed by atoms with Crippen molar-refractivity contribution in [1.82, 2.24) is 10.2 Å². The van der Waals surface area contributed by atoms with Gasteiger partial charge in [0.2, 0.25) is 11.9 Å². The fourth-order valence-corrected chi connectivity index (χ4v) is 2.83. The molecule has 2 heterocycles. The second-order valence-corrected chi connectivity index (χ2v) is 5.45. The van der Waals surface area contributed by atoms with E-state index < -0.39 is 5.92 Å². The van der Waals surface area contributed by atoms with Gasteiger partial charge in [0.05, 0.1) is 26.0 Å². The molecule has 0 aliphatic carbocycles. The number of hydrogen-bond donors (Lipinski definition) is 1. The van der Waals surface area contributed by atoms with Crippen LogP contribution in [0.2, 0.25) is 0 Å². The highest BCUT2D eigenvalue weighted by atomic mass is 32.2. The number of esters is 1. The number of thioether (sulfide) groups is 1. The van der Waals surface area contributed by atoms with Crippen LogP contribution in [0, 0.1) is 5.92 Å². The molecule has 6 nitrogen and oxygen atoms in total. The highest BCUT2D eigenvalue weighted by Crippen LogP contribution is 2.14. The second kappa shape index (κ2) is 6.08. The predicted octanol–water partition coefficient (Wildman–Crippen LogP) is -0.300. The smallest absolute Gasteiger partial charge is 0.306 e. The fourth-order valence-electron chi connectivity index (χ4n) is 1.93. The number of carbonyl (C=O) groups is 2. The summed E-state index contributed by atoms with van der Waals surface area (Å²) in [6.07, 6.45) is 0.0922. The summed E-state index contributed by atoms with van der Waals surface area (Å²) in [6, 6.07) is 0. The summed E-state index contributed by atoms with van der Waals surface area (Å²) in [6.45, 7) is 2.18. The number of methoxy groups -OCH3 is 1. The molecule has 1 N–H and O–H groups in total. The Kier molecular flexibility index (Phi) is 4.46. The van der Waals surface area contributed by atoms with Crippen LogP contribution >= 0.6 is 11.8 Å². The molecule has 18 heavy (non-hydrogen) atoms. The standard InChI is InChI=1S/C11H17N3O3S/c1-17-9(15)6-8-7-12-11(13-10(8)16)14-2-4-18-5-3-14/h8H,2-7H2,1H3,(H,12,13,16)/t8-/m0/s1. The first kappa shape index (κ1) is 13.2. The molecule has 0 unspecified atom stereocenters. The van der Waals surface area contributed by atoms with Crippen LogP contribution in [-0.4, -0.2) is 61.0 Å². The highest BCUT2D eigenvalue weighted by molar-refractivity contribution is 7.99. The Morgan fingerprint density at radius 2 is 2.28 bits per heavy atom. The Balaban J connectivity index is 1.93. The third-order valence-corrected chi connectivity index (χ3v) is 3.96. The van der Waals surface area contributed by atoms with Gasteiger partial charge in [0, 0.05) is 24.6 Å². The van der Waals surface area contributed by atoms with Gasteiger partial charge in [-0.05, 0) is 0 Å². The summed E-state index contributed by atoms with van der Waals surface area (Å²) in [5.41, 5.74) is 0. The lowest BCUT2D eigenvalue weighted by atomic mass is 10.0. The van der Waals surface area contributed by atoms with E-state index in [0.29, 0.717) is 12.5 Å². The number of aliphatic imine (C=N–C) groups is 1. The molecule has 0 aromatic carbocycles. The summed E-state index contributed by atoms with van der Waals surface area (Å²) in [5.74, 6) is 1.86. The van der Waals surface area contributed by atoms with Crippen molar-refractivity contribution >= 4 is 29.6 Å². The Labute approximate surface area is 110 Å². The van der Waals surface area contributed by atoms with E-state index in [0.717, 1.165) is 24.6 Å². The van der Waals surface area contributed by atoms with Gasteiger partial charge in [-0.3, -0.25) is 19.9 Å². The predicted molar refractivity (Wildman–Crippen MR) is 69.5 cm³/mol. The molecular formula is C11H17N3O3S. The first-order valence-corrected chi connectivity index (χ1v) is 7.11. The van der Waals surface area contributed by atoms with Crippen molar-refractivity contribution in [2.24, 2.45) is 10.9 Å². The Bertz CT molecular complexity index is 367. The Morgan fingerprint density at radius 1 is 1.56 bits per heavy atom. The molecule has 1 amide bonds. The van der Waals surface area contributed by atoms with Crippen molar-refractivity contribution in [1.29, 1.82) is 0 Å². The molecule has 100 valence electrons. The average molecular weight is 271 g/mol. The third kappa shape index (κ3) is 3.16. The summed E-state index contributed by atoms with van der Waals surface area (Å²) in [4.78, 5) is 29.5. The normalized spacial score (nSPS) is 24.3. The molecule has 0 bridgehead atoms. The van der Waals surface area contributed by atoms with Crippen molar-refractivity contribution in [3.8, 4) is 0 Å². The molecule has 0 spiro atoms. The molecule has 1 fully saturated rings. The first-order valence-electron chi connectivity index (χ1n) is 5.95. The van der Waals surface area contributed by atoms with Crippen LogP contribution < -0.4 is 5.32 Å². The zero-order chi connectivity index (χ0) is 13.0. The lowest BCUT2D eigenvalue weighted by molar-refractivity contribution is -0.144. The Morgan fingerprint density at radius 3 is 2.89 bits per heavy atom. The van der Waals surface area contributed by atoms with E-state index in [1.807, 2.05) is 11.8 Å². The molecule has 2 aliphatic rings. The second-order valence-electron chi connectivity index (χ2n) is 4.23. The zero-order valence-corrected chi connectivity index (χ0v) is 11.2. The van der Waals surface area contributed by atoms with Crippen LogP contribution in [0.15, 0.2) is 4.99 Å². The topological polar surface area (TPSA) is 71.0 Å². The van der Waals surface area contributed by atoms with Gasteiger partial charge >= 0.3 is 5.97 Å². The van der Waals surface area contributed by atoms with Crippen molar-refractivity contribution in [2.75, 3.05) is 38.2 Å². The maximum Gasteiger partial charge on any atom is 0.306 e. The van der Waals surface area contributed by atoms with Crippen molar-refractivity contribution in [2.45, 2.75) is 6.42 Å². The number of amides is 1. The van der Waals surface area contributed by atoms with E-state index in [2.05, 4.69) is 19.9 Å². The van der Waals surface area contributed by atoms with E-state index in [4.69, 9.17) is 0 Å². The molecule has 0 aromatic heterocycles. The summed E-state index contributed by atoms with van der Waals surface area (Å²) in [5, 5.41) is 2.79. The molecule has 7 heteroatoms. The van der Waals surface area contributed by atoms with Crippen LogP contribution in [0.25, 0.3) is 0 Å². The monoisotopic (exact) mass is 271 g/mol. The van der Waals surface area contributed by atoms with Crippen LogP contribution in [0.5, 0.6) is 0 Å². The van der Waals surface area contributed by atoms with Gasteiger partial charge < -0.3 is 9.64 Å². The van der Waals surface area contributed by atoms with Crippen molar-refractivity contribution in [3.63, 3.8) is 0 Å². The SMILES string of the molecule is COC(=O)C[C@H]1CN=C(N2CCSCC2)NC1=O. The van der Waals surface area contributed by atoms with E-state index in [-0.39, 0.29) is 18.3 Å². The van der Waals surface area contributed by atoms with Crippen molar-refractivity contribution < 1.29 is 14.3 Å². The molecule has 0 radical (unpaired) electrons. The minimum Gasteiger partial charge on any atom is -0.469 e. The van der Waals surface area contributed by atoms with Gasteiger partial charge in [-0.1, -0.05) is 0 Å².